The molecule has 1 saturated heterocycles. The number of nitrogens with zero attached hydrogens (tertiary/aromatic N) is 1. The van der Waals surface area contributed by atoms with Gasteiger partial charge in [0.15, 0.2) is 5.78 Å². The molecule has 1 atom stereocenters. The van der Waals surface area contributed by atoms with Crippen LogP contribution in [0.15, 0.2) is 54.6 Å². The third kappa shape index (κ3) is 3.32. The maximum atomic E-state index is 12.5. The van der Waals surface area contributed by atoms with Crippen LogP contribution in [0, 0.1) is 6.92 Å². The number of aryl methyl sites for hydroxylation is 1. The topological polar surface area (TPSA) is 49.4 Å². The second-order valence-electron chi connectivity index (χ2n) is 5.81. The summed E-state index contributed by atoms with van der Waals surface area (Å²) in [6.07, 6.45) is 0. The first-order valence-electron chi connectivity index (χ1n) is 7.82. The number of piperazine rings is 1. The predicted molar refractivity (Wildman–Crippen MR) is 89.3 cm³/mol. The zero-order chi connectivity index (χ0) is 16.2. The van der Waals surface area contributed by atoms with Crippen LogP contribution in [-0.2, 0) is 4.79 Å². The SMILES string of the molecule is Cc1ccccc1C1C(=O)NCCN1CC(=O)c1ccccc1. The average molecular weight is 308 g/mol. The van der Waals surface area contributed by atoms with Crippen LogP contribution in [0.25, 0.3) is 0 Å². The van der Waals surface area contributed by atoms with Crippen molar-refractivity contribution in [3.63, 3.8) is 0 Å². The largest absolute Gasteiger partial charge is 0.353 e. The molecule has 1 unspecified atom stereocenters. The van der Waals surface area contributed by atoms with E-state index in [-0.39, 0.29) is 18.2 Å². The lowest BCUT2D eigenvalue weighted by atomic mass is 9.97. The van der Waals surface area contributed by atoms with Crippen molar-refractivity contribution in [1.29, 1.82) is 0 Å². The average Bonchev–Trinajstić information content (AvgIpc) is 2.57. The van der Waals surface area contributed by atoms with Gasteiger partial charge in [-0.15, -0.1) is 0 Å². The highest BCUT2D eigenvalue weighted by Gasteiger charge is 2.33. The van der Waals surface area contributed by atoms with Gasteiger partial charge < -0.3 is 5.32 Å². The number of amides is 1. The van der Waals surface area contributed by atoms with E-state index >= 15 is 0 Å². The fourth-order valence-corrected chi connectivity index (χ4v) is 3.02. The summed E-state index contributed by atoms with van der Waals surface area (Å²) in [6, 6.07) is 16.7. The molecule has 1 aliphatic rings. The number of Topliss-reactive ketones (excluding diaryl/α,β-unsaturated/α-hetero) is 1. The van der Waals surface area contributed by atoms with Crippen molar-refractivity contribution in [3.05, 3.63) is 71.3 Å². The van der Waals surface area contributed by atoms with Gasteiger partial charge >= 0.3 is 0 Å². The van der Waals surface area contributed by atoms with Crippen molar-refractivity contribution in [2.75, 3.05) is 19.6 Å². The van der Waals surface area contributed by atoms with Gasteiger partial charge in [-0.25, -0.2) is 0 Å². The molecule has 1 N–H and O–H groups in total. The van der Waals surface area contributed by atoms with Crippen molar-refractivity contribution in [2.24, 2.45) is 0 Å². The summed E-state index contributed by atoms with van der Waals surface area (Å²) in [5.41, 5.74) is 2.71. The van der Waals surface area contributed by atoms with Gasteiger partial charge in [0, 0.05) is 18.7 Å². The molecule has 4 nitrogen and oxygen atoms in total. The second kappa shape index (κ2) is 6.75. The van der Waals surface area contributed by atoms with Crippen molar-refractivity contribution in [1.82, 2.24) is 10.2 Å². The number of hydrogen-bond acceptors (Lipinski definition) is 3. The Morgan fingerprint density at radius 1 is 1.13 bits per heavy atom. The van der Waals surface area contributed by atoms with Crippen LogP contribution >= 0.6 is 0 Å². The highest BCUT2D eigenvalue weighted by atomic mass is 16.2. The van der Waals surface area contributed by atoms with Crippen LogP contribution in [0.4, 0.5) is 0 Å². The van der Waals surface area contributed by atoms with Gasteiger partial charge in [-0.05, 0) is 18.1 Å². The summed E-state index contributed by atoms with van der Waals surface area (Å²) in [6.45, 7) is 3.48. The Labute approximate surface area is 136 Å². The first-order chi connectivity index (χ1) is 11.2. The summed E-state index contributed by atoms with van der Waals surface area (Å²) < 4.78 is 0. The third-order valence-electron chi connectivity index (χ3n) is 4.24. The van der Waals surface area contributed by atoms with Crippen molar-refractivity contribution < 1.29 is 9.59 Å². The van der Waals surface area contributed by atoms with Gasteiger partial charge in [-0.1, -0.05) is 54.6 Å². The monoisotopic (exact) mass is 308 g/mol. The van der Waals surface area contributed by atoms with E-state index in [2.05, 4.69) is 5.32 Å². The summed E-state index contributed by atoms with van der Waals surface area (Å²) in [7, 11) is 0. The zero-order valence-electron chi connectivity index (χ0n) is 13.2. The van der Waals surface area contributed by atoms with E-state index in [1.807, 2.05) is 66.4 Å². The van der Waals surface area contributed by atoms with Gasteiger partial charge in [-0.2, -0.15) is 0 Å². The molecular weight excluding hydrogens is 288 g/mol. The third-order valence-corrected chi connectivity index (χ3v) is 4.24. The highest BCUT2D eigenvalue weighted by molar-refractivity contribution is 5.98. The molecule has 0 aliphatic carbocycles. The molecule has 1 fully saturated rings. The zero-order valence-corrected chi connectivity index (χ0v) is 13.2. The summed E-state index contributed by atoms with van der Waals surface area (Å²) in [4.78, 5) is 26.9. The molecular formula is C19H20N2O2. The highest BCUT2D eigenvalue weighted by Crippen LogP contribution is 2.26. The molecule has 1 aliphatic heterocycles. The van der Waals surface area contributed by atoms with Gasteiger partial charge in [0.2, 0.25) is 5.91 Å². The van der Waals surface area contributed by atoms with Crippen LogP contribution in [0.3, 0.4) is 0 Å². The van der Waals surface area contributed by atoms with Gasteiger partial charge in [0.1, 0.15) is 6.04 Å². The van der Waals surface area contributed by atoms with Crippen molar-refractivity contribution >= 4 is 11.7 Å². The molecule has 2 aromatic rings. The lowest BCUT2D eigenvalue weighted by molar-refractivity contribution is -0.128. The maximum Gasteiger partial charge on any atom is 0.242 e. The molecule has 3 rings (SSSR count). The minimum absolute atomic E-state index is 0.0357. The molecule has 0 radical (unpaired) electrons. The Bertz CT molecular complexity index is 712. The van der Waals surface area contributed by atoms with E-state index in [1.165, 1.54) is 0 Å². The number of carbonyl (C=O) groups is 2. The van der Waals surface area contributed by atoms with Crippen molar-refractivity contribution in [3.8, 4) is 0 Å². The normalized spacial score (nSPS) is 18.5. The lowest BCUT2D eigenvalue weighted by Gasteiger charge is -2.35. The van der Waals surface area contributed by atoms with Crippen LogP contribution in [0.1, 0.15) is 27.5 Å². The number of benzene rings is 2. The van der Waals surface area contributed by atoms with Gasteiger partial charge in [0.25, 0.3) is 0 Å². The summed E-state index contributed by atoms with van der Waals surface area (Å²) in [5.74, 6) is 0.00490. The second-order valence-corrected chi connectivity index (χ2v) is 5.81. The Morgan fingerprint density at radius 3 is 2.57 bits per heavy atom. The minimum atomic E-state index is -0.405. The number of carbonyl (C=O) groups excluding carboxylic acids is 2. The van der Waals surface area contributed by atoms with E-state index in [1.54, 1.807) is 0 Å². The quantitative estimate of drug-likeness (QED) is 0.882. The summed E-state index contributed by atoms with van der Waals surface area (Å²) in [5, 5.41) is 2.91. The van der Waals surface area contributed by atoms with Gasteiger partial charge in [-0.3, -0.25) is 14.5 Å². The fourth-order valence-electron chi connectivity index (χ4n) is 3.02. The molecule has 0 saturated carbocycles. The van der Waals surface area contributed by atoms with E-state index in [4.69, 9.17) is 0 Å². The Hall–Kier alpha value is -2.46. The Balaban J connectivity index is 1.86. The van der Waals surface area contributed by atoms with Crippen molar-refractivity contribution in [2.45, 2.75) is 13.0 Å². The van der Waals surface area contributed by atoms with E-state index < -0.39 is 6.04 Å². The molecule has 0 spiro atoms. The number of ketones is 1. The first-order valence-corrected chi connectivity index (χ1v) is 7.82. The molecule has 23 heavy (non-hydrogen) atoms. The molecule has 1 heterocycles. The predicted octanol–water partition coefficient (Wildman–Crippen LogP) is 2.35. The lowest BCUT2D eigenvalue weighted by Crippen LogP contribution is -2.51. The molecule has 118 valence electrons. The Kier molecular flexibility index (Phi) is 4.53. The van der Waals surface area contributed by atoms with Crippen LogP contribution in [0.5, 0.6) is 0 Å². The van der Waals surface area contributed by atoms with Crippen LogP contribution < -0.4 is 5.32 Å². The molecule has 1 amide bonds. The smallest absolute Gasteiger partial charge is 0.242 e. The number of rotatable bonds is 4. The molecule has 0 bridgehead atoms. The maximum absolute atomic E-state index is 12.5. The molecule has 2 aromatic carbocycles. The minimum Gasteiger partial charge on any atom is -0.353 e. The van der Waals surface area contributed by atoms with Crippen LogP contribution in [-0.4, -0.2) is 36.2 Å². The van der Waals surface area contributed by atoms with Gasteiger partial charge in [0.05, 0.1) is 6.54 Å². The van der Waals surface area contributed by atoms with Crippen LogP contribution in [0.2, 0.25) is 0 Å². The molecule has 4 heteroatoms. The Morgan fingerprint density at radius 2 is 1.83 bits per heavy atom. The number of nitrogens with one attached hydrogen (secondary N) is 1. The van der Waals surface area contributed by atoms with E-state index in [9.17, 15) is 9.59 Å². The molecule has 0 aromatic heterocycles. The number of hydrogen-bond donors (Lipinski definition) is 1. The van der Waals surface area contributed by atoms with E-state index in [0.29, 0.717) is 18.7 Å². The fraction of sp³-hybridized carbons (Fsp3) is 0.263. The first kappa shape index (κ1) is 15.4. The van der Waals surface area contributed by atoms with E-state index in [0.717, 1.165) is 11.1 Å². The summed E-state index contributed by atoms with van der Waals surface area (Å²) >= 11 is 0. The standard InChI is InChI=1S/C19H20N2O2/c1-14-7-5-6-10-16(14)18-19(23)20-11-12-21(18)13-17(22)15-8-3-2-4-9-15/h2-10,18H,11-13H2,1H3,(H,20,23).